The zero-order valence-corrected chi connectivity index (χ0v) is 23.5. The van der Waals surface area contributed by atoms with Crippen LogP contribution in [0.5, 0.6) is 5.75 Å². The van der Waals surface area contributed by atoms with E-state index in [0.717, 1.165) is 60.6 Å². The predicted octanol–water partition coefficient (Wildman–Crippen LogP) is 4.93. The molecule has 0 aromatic heterocycles. The molecule has 2 aromatic carbocycles. The SMILES string of the molecule is Cc1ccc2c(c1)OCCCN2C(=O)c1ccc(CNC(=O)ON2CCN(CCC(C)(C)C)CC2)c(C)c1. The molecule has 2 aliphatic rings. The fourth-order valence-corrected chi connectivity index (χ4v) is 4.73. The molecular weight excluding hydrogens is 480 g/mol. The van der Waals surface area contributed by atoms with E-state index in [1.165, 1.54) is 0 Å². The Labute approximate surface area is 226 Å². The predicted molar refractivity (Wildman–Crippen MR) is 150 cm³/mol. The van der Waals surface area contributed by atoms with Crippen molar-refractivity contribution in [2.45, 2.75) is 54.0 Å². The molecule has 1 saturated heterocycles. The minimum absolute atomic E-state index is 0.0516. The summed E-state index contributed by atoms with van der Waals surface area (Å²) < 4.78 is 5.87. The highest BCUT2D eigenvalue weighted by Gasteiger charge is 2.24. The van der Waals surface area contributed by atoms with Gasteiger partial charge in [-0.2, -0.15) is 0 Å². The van der Waals surface area contributed by atoms with Crippen LogP contribution in [0.3, 0.4) is 0 Å². The van der Waals surface area contributed by atoms with Crippen molar-refractivity contribution in [3.05, 3.63) is 58.7 Å². The first-order valence-corrected chi connectivity index (χ1v) is 13.7. The maximum Gasteiger partial charge on any atom is 0.426 e. The zero-order chi connectivity index (χ0) is 27.3. The van der Waals surface area contributed by atoms with Gasteiger partial charge in [0.05, 0.1) is 12.3 Å². The van der Waals surface area contributed by atoms with E-state index in [1.807, 2.05) is 50.2 Å². The first-order chi connectivity index (χ1) is 18.1. The number of hydrogen-bond donors (Lipinski definition) is 1. The van der Waals surface area contributed by atoms with Gasteiger partial charge in [-0.15, -0.1) is 5.06 Å². The number of rotatable bonds is 6. The summed E-state index contributed by atoms with van der Waals surface area (Å²) >= 11 is 0. The smallest absolute Gasteiger partial charge is 0.426 e. The lowest BCUT2D eigenvalue weighted by molar-refractivity contribution is -0.123. The Hall–Kier alpha value is -3.10. The molecule has 8 heteroatoms. The number of amides is 2. The molecule has 0 aliphatic carbocycles. The molecule has 0 bridgehead atoms. The first-order valence-electron chi connectivity index (χ1n) is 13.7. The molecule has 4 rings (SSSR count). The number of nitrogens with one attached hydrogen (secondary N) is 1. The monoisotopic (exact) mass is 522 g/mol. The number of carbonyl (C=O) groups is 2. The molecule has 1 fully saturated rings. The highest BCUT2D eigenvalue weighted by atomic mass is 16.7. The summed E-state index contributed by atoms with van der Waals surface area (Å²) in [6, 6.07) is 11.6. The van der Waals surface area contributed by atoms with Crippen LogP contribution >= 0.6 is 0 Å². The molecule has 0 saturated carbocycles. The molecule has 0 spiro atoms. The van der Waals surface area contributed by atoms with Gasteiger partial charge in [0.2, 0.25) is 0 Å². The number of fused-ring (bicyclic) bond motifs is 1. The molecule has 2 amide bonds. The fourth-order valence-electron chi connectivity index (χ4n) is 4.73. The quantitative estimate of drug-likeness (QED) is 0.580. The third-order valence-electron chi connectivity index (χ3n) is 7.17. The Morgan fingerprint density at radius 3 is 2.47 bits per heavy atom. The molecule has 2 aliphatic heterocycles. The Morgan fingerprint density at radius 1 is 1.00 bits per heavy atom. The molecule has 1 N–H and O–H groups in total. The fraction of sp³-hybridized carbons (Fsp3) is 0.533. The summed E-state index contributed by atoms with van der Waals surface area (Å²) in [6.07, 6.45) is 1.47. The molecule has 38 heavy (non-hydrogen) atoms. The summed E-state index contributed by atoms with van der Waals surface area (Å²) in [5, 5.41) is 4.59. The van der Waals surface area contributed by atoms with E-state index >= 15 is 0 Å². The van der Waals surface area contributed by atoms with Gasteiger partial charge in [0.1, 0.15) is 5.75 Å². The lowest BCUT2D eigenvalue weighted by atomic mass is 9.92. The summed E-state index contributed by atoms with van der Waals surface area (Å²) in [5.41, 5.74) is 4.73. The second-order valence-corrected chi connectivity index (χ2v) is 11.6. The van der Waals surface area contributed by atoms with Gasteiger partial charge in [-0.3, -0.25) is 4.79 Å². The second-order valence-electron chi connectivity index (χ2n) is 11.6. The Kier molecular flexibility index (Phi) is 8.95. The third-order valence-corrected chi connectivity index (χ3v) is 7.17. The summed E-state index contributed by atoms with van der Waals surface area (Å²) in [5.74, 6) is 0.697. The molecule has 206 valence electrons. The molecule has 8 nitrogen and oxygen atoms in total. The average molecular weight is 523 g/mol. The van der Waals surface area contributed by atoms with Crippen LogP contribution in [0, 0.1) is 19.3 Å². The van der Waals surface area contributed by atoms with Gasteiger partial charge in [0.15, 0.2) is 0 Å². The van der Waals surface area contributed by atoms with Gasteiger partial charge in [-0.05, 0) is 79.6 Å². The van der Waals surface area contributed by atoms with Crippen molar-refractivity contribution in [3.63, 3.8) is 0 Å². The minimum Gasteiger partial charge on any atom is -0.491 e. The van der Waals surface area contributed by atoms with Crippen LogP contribution in [0.4, 0.5) is 10.5 Å². The number of hydrogen-bond acceptors (Lipinski definition) is 6. The normalized spacial score (nSPS) is 16.8. The van der Waals surface area contributed by atoms with Crippen molar-refractivity contribution in [1.82, 2.24) is 15.3 Å². The Bertz CT molecular complexity index is 1140. The van der Waals surface area contributed by atoms with E-state index in [4.69, 9.17) is 9.57 Å². The molecule has 0 radical (unpaired) electrons. The van der Waals surface area contributed by atoms with Crippen molar-refractivity contribution in [3.8, 4) is 5.75 Å². The van der Waals surface area contributed by atoms with Gasteiger partial charge in [0, 0.05) is 44.8 Å². The van der Waals surface area contributed by atoms with Crippen LogP contribution in [0.15, 0.2) is 36.4 Å². The van der Waals surface area contributed by atoms with Crippen molar-refractivity contribution in [1.29, 1.82) is 0 Å². The van der Waals surface area contributed by atoms with Gasteiger partial charge in [-0.1, -0.05) is 32.9 Å². The number of ether oxygens (including phenoxy) is 1. The van der Waals surface area contributed by atoms with Crippen molar-refractivity contribution >= 4 is 17.7 Å². The maximum absolute atomic E-state index is 13.4. The second kappa shape index (κ2) is 12.2. The summed E-state index contributed by atoms with van der Waals surface area (Å²) in [4.78, 5) is 35.6. The van der Waals surface area contributed by atoms with Gasteiger partial charge in [0.25, 0.3) is 5.91 Å². The first kappa shape index (κ1) is 27.9. The van der Waals surface area contributed by atoms with Crippen LogP contribution in [0.2, 0.25) is 0 Å². The van der Waals surface area contributed by atoms with Gasteiger partial charge in [-0.25, -0.2) is 4.79 Å². The van der Waals surface area contributed by atoms with Crippen LogP contribution in [-0.4, -0.2) is 67.8 Å². The van der Waals surface area contributed by atoms with Crippen molar-refractivity contribution in [2.24, 2.45) is 5.41 Å². The highest BCUT2D eigenvalue weighted by Crippen LogP contribution is 2.33. The van der Waals surface area contributed by atoms with E-state index in [1.54, 1.807) is 9.96 Å². The number of aryl methyl sites for hydroxylation is 2. The Balaban J connectivity index is 1.28. The number of benzene rings is 2. The van der Waals surface area contributed by atoms with Crippen LogP contribution in [0.25, 0.3) is 0 Å². The number of nitrogens with zero attached hydrogens (tertiary/aromatic N) is 3. The topological polar surface area (TPSA) is 74.3 Å². The van der Waals surface area contributed by atoms with E-state index in [0.29, 0.717) is 43.8 Å². The van der Waals surface area contributed by atoms with Crippen LogP contribution < -0.4 is 15.0 Å². The van der Waals surface area contributed by atoms with Gasteiger partial charge >= 0.3 is 6.09 Å². The van der Waals surface area contributed by atoms with E-state index in [2.05, 4.69) is 31.0 Å². The lowest BCUT2D eigenvalue weighted by Gasteiger charge is -2.34. The average Bonchev–Trinajstić information content (AvgIpc) is 3.08. The number of anilines is 1. The summed E-state index contributed by atoms with van der Waals surface area (Å²) in [7, 11) is 0. The highest BCUT2D eigenvalue weighted by molar-refractivity contribution is 6.07. The molecule has 0 unspecified atom stereocenters. The number of hydroxylamine groups is 2. The third kappa shape index (κ3) is 7.48. The minimum atomic E-state index is -0.454. The van der Waals surface area contributed by atoms with Crippen LogP contribution in [-0.2, 0) is 11.4 Å². The van der Waals surface area contributed by atoms with Crippen molar-refractivity contribution in [2.75, 3.05) is 50.8 Å². The van der Waals surface area contributed by atoms with E-state index in [-0.39, 0.29) is 5.91 Å². The number of piperazine rings is 1. The van der Waals surface area contributed by atoms with E-state index in [9.17, 15) is 9.59 Å². The van der Waals surface area contributed by atoms with E-state index < -0.39 is 6.09 Å². The maximum atomic E-state index is 13.4. The van der Waals surface area contributed by atoms with Crippen LogP contribution in [0.1, 0.15) is 60.7 Å². The lowest BCUT2D eigenvalue weighted by Crippen LogP contribution is -2.48. The van der Waals surface area contributed by atoms with Gasteiger partial charge < -0.3 is 24.7 Å². The zero-order valence-electron chi connectivity index (χ0n) is 23.5. The molecule has 2 heterocycles. The van der Waals surface area contributed by atoms with Crippen molar-refractivity contribution < 1.29 is 19.2 Å². The largest absolute Gasteiger partial charge is 0.491 e. The Morgan fingerprint density at radius 2 is 1.76 bits per heavy atom. The standard InChI is InChI=1S/C30H42N4O4/c1-22-7-10-26-27(19-22)37-18-6-12-34(26)28(35)24-8-9-25(23(2)20-24)21-31-29(36)38-33-16-14-32(15-17-33)13-11-30(3,4)5/h7-10,19-20H,6,11-18,21H2,1-5H3,(H,31,36). The molecule has 0 atom stereocenters. The molecular formula is C30H42N4O4. The number of carbonyl (C=O) groups excluding carboxylic acids is 2. The summed E-state index contributed by atoms with van der Waals surface area (Å²) in [6.45, 7) is 16.6. The molecule has 2 aromatic rings.